The van der Waals surface area contributed by atoms with Gasteiger partial charge in [-0.05, 0) is 37.3 Å². The summed E-state index contributed by atoms with van der Waals surface area (Å²) < 4.78 is 11.4. The van der Waals surface area contributed by atoms with Gasteiger partial charge in [0.15, 0.2) is 5.78 Å². The van der Waals surface area contributed by atoms with Crippen molar-refractivity contribution in [2.45, 2.75) is 12.8 Å². The molecule has 0 bridgehead atoms. The zero-order valence-corrected chi connectivity index (χ0v) is 11.3. The van der Waals surface area contributed by atoms with Crippen LogP contribution in [-0.4, -0.2) is 19.0 Å². The van der Waals surface area contributed by atoms with Gasteiger partial charge < -0.3 is 9.47 Å². The molecule has 0 amide bonds. The number of fused-ring (bicyclic) bond motifs is 1. The number of benzene rings is 2. The van der Waals surface area contributed by atoms with E-state index in [0.29, 0.717) is 18.8 Å². The second kappa shape index (κ2) is 5.37. The summed E-state index contributed by atoms with van der Waals surface area (Å²) in [6.07, 6.45) is 0. The van der Waals surface area contributed by atoms with Crippen LogP contribution in [0, 0.1) is 0 Å². The molecule has 0 radical (unpaired) electrons. The van der Waals surface area contributed by atoms with Gasteiger partial charge in [-0.1, -0.05) is 18.2 Å². The molecule has 3 heteroatoms. The second-order valence-corrected chi connectivity index (χ2v) is 4.94. The molecule has 0 fully saturated rings. The van der Waals surface area contributed by atoms with Gasteiger partial charge >= 0.3 is 0 Å². The van der Waals surface area contributed by atoms with Crippen LogP contribution in [0.25, 0.3) is 0 Å². The van der Waals surface area contributed by atoms with Crippen molar-refractivity contribution in [1.82, 2.24) is 0 Å². The zero-order chi connectivity index (χ0) is 13.9. The molecule has 20 heavy (non-hydrogen) atoms. The summed E-state index contributed by atoms with van der Waals surface area (Å²) in [6, 6.07) is 15.3. The first kappa shape index (κ1) is 12.7. The Hall–Kier alpha value is -2.29. The molecular formula is C17H16O3. The summed E-state index contributed by atoms with van der Waals surface area (Å²) >= 11 is 0. The number of hydrogen-bond donors (Lipinski definition) is 0. The number of carbonyl (C=O) groups is 1. The molecule has 2 aromatic carbocycles. The van der Waals surface area contributed by atoms with Crippen LogP contribution < -0.4 is 9.47 Å². The van der Waals surface area contributed by atoms with Crippen molar-refractivity contribution < 1.29 is 14.3 Å². The third-order valence-electron chi connectivity index (χ3n) is 3.51. The van der Waals surface area contributed by atoms with Crippen molar-refractivity contribution in [1.29, 1.82) is 0 Å². The smallest absolute Gasteiger partial charge is 0.159 e. The number of Topliss-reactive ketones (excluding diaryl/α,β-unsaturated/α-hetero) is 1. The molecule has 0 N–H and O–H groups in total. The Labute approximate surface area is 118 Å². The maximum atomic E-state index is 11.2. The number of ketones is 1. The monoisotopic (exact) mass is 268 g/mol. The van der Waals surface area contributed by atoms with Crippen molar-refractivity contribution in [3.05, 3.63) is 59.7 Å². The highest BCUT2D eigenvalue weighted by Crippen LogP contribution is 2.33. The van der Waals surface area contributed by atoms with Crippen LogP contribution in [0.4, 0.5) is 0 Å². The van der Waals surface area contributed by atoms with Crippen LogP contribution >= 0.6 is 0 Å². The molecular weight excluding hydrogens is 252 g/mol. The van der Waals surface area contributed by atoms with Crippen LogP contribution in [0.15, 0.2) is 48.5 Å². The number of para-hydroxylation sites is 1. The Bertz CT molecular complexity index is 616. The lowest BCUT2D eigenvalue weighted by Gasteiger charge is -2.11. The quantitative estimate of drug-likeness (QED) is 0.797. The van der Waals surface area contributed by atoms with E-state index in [2.05, 4.69) is 6.07 Å². The van der Waals surface area contributed by atoms with Crippen molar-refractivity contribution in [3.8, 4) is 11.5 Å². The van der Waals surface area contributed by atoms with Gasteiger partial charge in [-0.25, -0.2) is 0 Å². The largest absolute Gasteiger partial charge is 0.493 e. The Morgan fingerprint density at radius 1 is 1.20 bits per heavy atom. The summed E-state index contributed by atoms with van der Waals surface area (Å²) in [7, 11) is 0. The maximum Gasteiger partial charge on any atom is 0.159 e. The van der Waals surface area contributed by atoms with Crippen LogP contribution in [0.3, 0.4) is 0 Å². The van der Waals surface area contributed by atoms with E-state index in [1.54, 1.807) is 19.1 Å². The molecule has 0 spiro atoms. The van der Waals surface area contributed by atoms with Gasteiger partial charge in [0.25, 0.3) is 0 Å². The summed E-state index contributed by atoms with van der Waals surface area (Å²) in [5.74, 6) is 2.06. The van der Waals surface area contributed by atoms with Gasteiger partial charge in [0, 0.05) is 11.1 Å². The summed E-state index contributed by atoms with van der Waals surface area (Å²) in [5, 5.41) is 0. The fraction of sp³-hybridized carbons (Fsp3) is 0.235. The molecule has 0 aromatic heterocycles. The first-order valence-electron chi connectivity index (χ1n) is 6.69. The molecule has 1 heterocycles. The fourth-order valence-electron chi connectivity index (χ4n) is 2.35. The molecule has 1 atom stereocenters. The van der Waals surface area contributed by atoms with E-state index in [1.807, 2.05) is 30.3 Å². The third-order valence-corrected chi connectivity index (χ3v) is 3.51. The van der Waals surface area contributed by atoms with E-state index in [-0.39, 0.29) is 11.7 Å². The maximum absolute atomic E-state index is 11.2. The minimum Gasteiger partial charge on any atom is -0.493 e. The van der Waals surface area contributed by atoms with E-state index >= 15 is 0 Å². The summed E-state index contributed by atoms with van der Waals surface area (Å²) in [5.41, 5.74) is 1.90. The van der Waals surface area contributed by atoms with Gasteiger partial charge in [-0.3, -0.25) is 4.79 Å². The normalized spacial score (nSPS) is 16.4. The SMILES string of the molecule is CC(=O)c1ccc(OCC2COc3ccccc32)cc1. The van der Waals surface area contributed by atoms with E-state index < -0.39 is 0 Å². The van der Waals surface area contributed by atoms with Gasteiger partial charge in [-0.2, -0.15) is 0 Å². The summed E-state index contributed by atoms with van der Waals surface area (Å²) in [6.45, 7) is 2.80. The Morgan fingerprint density at radius 2 is 1.95 bits per heavy atom. The summed E-state index contributed by atoms with van der Waals surface area (Å²) in [4.78, 5) is 11.2. The van der Waals surface area contributed by atoms with Crippen LogP contribution in [0.1, 0.15) is 28.8 Å². The Morgan fingerprint density at radius 3 is 2.70 bits per heavy atom. The Balaban J connectivity index is 1.64. The molecule has 1 aliphatic heterocycles. The zero-order valence-electron chi connectivity index (χ0n) is 11.3. The molecule has 1 aliphatic rings. The highest BCUT2D eigenvalue weighted by Gasteiger charge is 2.24. The van der Waals surface area contributed by atoms with Crippen molar-refractivity contribution in [2.24, 2.45) is 0 Å². The molecule has 102 valence electrons. The molecule has 0 saturated carbocycles. The average molecular weight is 268 g/mol. The van der Waals surface area contributed by atoms with E-state index in [0.717, 1.165) is 11.5 Å². The van der Waals surface area contributed by atoms with Gasteiger partial charge in [0.05, 0.1) is 19.1 Å². The molecule has 0 saturated heterocycles. The van der Waals surface area contributed by atoms with Gasteiger partial charge in [-0.15, -0.1) is 0 Å². The number of hydrogen-bond acceptors (Lipinski definition) is 3. The standard InChI is InChI=1S/C17H16O3/c1-12(18)13-6-8-15(9-7-13)19-10-14-11-20-17-5-3-2-4-16(14)17/h2-9,14H,10-11H2,1H3. The van der Waals surface area contributed by atoms with Crippen LogP contribution in [-0.2, 0) is 0 Å². The van der Waals surface area contributed by atoms with Gasteiger partial charge in [0.1, 0.15) is 11.5 Å². The minimum absolute atomic E-state index is 0.0645. The highest BCUT2D eigenvalue weighted by molar-refractivity contribution is 5.94. The molecule has 0 aliphatic carbocycles. The van der Waals surface area contributed by atoms with Crippen LogP contribution in [0.2, 0.25) is 0 Å². The van der Waals surface area contributed by atoms with E-state index in [9.17, 15) is 4.79 Å². The average Bonchev–Trinajstić information content (AvgIpc) is 2.89. The minimum atomic E-state index is 0.0645. The lowest BCUT2D eigenvalue weighted by Crippen LogP contribution is -2.11. The van der Waals surface area contributed by atoms with E-state index in [1.165, 1.54) is 5.56 Å². The topological polar surface area (TPSA) is 35.5 Å². The molecule has 3 nitrogen and oxygen atoms in total. The van der Waals surface area contributed by atoms with Crippen molar-refractivity contribution in [2.75, 3.05) is 13.2 Å². The second-order valence-electron chi connectivity index (χ2n) is 4.94. The predicted molar refractivity (Wildman–Crippen MR) is 76.6 cm³/mol. The lowest BCUT2D eigenvalue weighted by molar-refractivity contribution is 0.101. The van der Waals surface area contributed by atoms with E-state index in [4.69, 9.17) is 9.47 Å². The fourth-order valence-corrected chi connectivity index (χ4v) is 2.35. The molecule has 2 aromatic rings. The third kappa shape index (κ3) is 2.52. The number of rotatable bonds is 4. The van der Waals surface area contributed by atoms with Crippen LogP contribution in [0.5, 0.6) is 11.5 Å². The lowest BCUT2D eigenvalue weighted by atomic mass is 10.0. The Kier molecular flexibility index (Phi) is 3.42. The highest BCUT2D eigenvalue weighted by atomic mass is 16.5. The molecule has 3 rings (SSSR count). The molecule has 1 unspecified atom stereocenters. The number of carbonyl (C=O) groups excluding carboxylic acids is 1. The number of ether oxygens (including phenoxy) is 2. The predicted octanol–water partition coefficient (Wildman–Crippen LogP) is 3.44. The first-order chi connectivity index (χ1) is 9.74. The van der Waals surface area contributed by atoms with Crippen molar-refractivity contribution in [3.63, 3.8) is 0 Å². The van der Waals surface area contributed by atoms with Gasteiger partial charge in [0.2, 0.25) is 0 Å². The van der Waals surface area contributed by atoms with Crippen molar-refractivity contribution >= 4 is 5.78 Å². The first-order valence-corrected chi connectivity index (χ1v) is 6.69.